The molecular formula is C30H52N2O7. The second-order valence-corrected chi connectivity index (χ2v) is 12.0. The van der Waals surface area contributed by atoms with E-state index in [9.17, 15) is 9.59 Å². The molecule has 3 rings (SSSR count). The SMILES string of the molecule is CC(C)(C)OC(=O)N1CCC(CO)CC1.CC(C)(C)OC(=O)N1CCC(COCc2ccccc2)CC1.CO. The van der Waals surface area contributed by atoms with Gasteiger partial charge in [-0.3, -0.25) is 0 Å². The Morgan fingerprint density at radius 1 is 0.769 bits per heavy atom. The monoisotopic (exact) mass is 552 g/mol. The summed E-state index contributed by atoms with van der Waals surface area (Å²) in [6.07, 6.45) is 3.27. The van der Waals surface area contributed by atoms with Crippen molar-refractivity contribution in [3.8, 4) is 0 Å². The highest BCUT2D eigenvalue weighted by molar-refractivity contribution is 5.68. The number of nitrogens with zero attached hydrogens (tertiary/aromatic N) is 2. The highest BCUT2D eigenvalue weighted by atomic mass is 16.6. The lowest BCUT2D eigenvalue weighted by Crippen LogP contribution is -2.42. The van der Waals surface area contributed by atoms with Crippen molar-refractivity contribution in [3.05, 3.63) is 35.9 Å². The van der Waals surface area contributed by atoms with Gasteiger partial charge < -0.3 is 34.2 Å². The summed E-state index contributed by atoms with van der Waals surface area (Å²) in [5.41, 5.74) is 0.353. The number of carbonyl (C=O) groups excluding carboxylic acids is 2. The molecule has 2 heterocycles. The van der Waals surface area contributed by atoms with Gasteiger partial charge in [0.1, 0.15) is 11.2 Å². The molecule has 1 aromatic rings. The Bertz CT molecular complexity index is 805. The minimum absolute atomic E-state index is 0.198. The van der Waals surface area contributed by atoms with Crippen molar-refractivity contribution >= 4 is 12.2 Å². The summed E-state index contributed by atoms with van der Waals surface area (Å²) in [5.74, 6) is 0.881. The van der Waals surface area contributed by atoms with Crippen LogP contribution in [-0.4, -0.2) is 89.9 Å². The first-order valence-electron chi connectivity index (χ1n) is 14.0. The van der Waals surface area contributed by atoms with Crippen LogP contribution in [0, 0.1) is 11.8 Å². The van der Waals surface area contributed by atoms with E-state index in [0.717, 1.165) is 52.5 Å². The van der Waals surface area contributed by atoms with Gasteiger partial charge in [-0.15, -0.1) is 0 Å². The molecule has 0 unspecified atom stereocenters. The molecule has 2 aliphatic rings. The number of hydrogen-bond acceptors (Lipinski definition) is 7. The van der Waals surface area contributed by atoms with E-state index in [-0.39, 0.29) is 18.8 Å². The molecule has 9 heteroatoms. The fourth-order valence-electron chi connectivity index (χ4n) is 4.15. The smallest absolute Gasteiger partial charge is 0.410 e. The van der Waals surface area contributed by atoms with E-state index < -0.39 is 11.2 Å². The maximum Gasteiger partial charge on any atom is 0.410 e. The molecule has 2 fully saturated rings. The fraction of sp³-hybridized carbons (Fsp3) is 0.733. The van der Waals surface area contributed by atoms with Crippen LogP contribution < -0.4 is 0 Å². The van der Waals surface area contributed by atoms with Crippen molar-refractivity contribution in [1.29, 1.82) is 0 Å². The van der Waals surface area contributed by atoms with Gasteiger partial charge in [0.25, 0.3) is 0 Å². The van der Waals surface area contributed by atoms with Crippen LogP contribution in [0.2, 0.25) is 0 Å². The van der Waals surface area contributed by atoms with E-state index in [1.807, 2.05) is 59.7 Å². The van der Waals surface area contributed by atoms with Crippen molar-refractivity contribution in [3.63, 3.8) is 0 Å². The predicted molar refractivity (Wildman–Crippen MR) is 152 cm³/mol. The van der Waals surface area contributed by atoms with Crippen molar-refractivity contribution < 1.29 is 34.0 Å². The number of hydrogen-bond donors (Lipinski definition) is 2. The summed E-state index contributed by atoms with van der Waals surface area (Å²) in [6.45, 7) is 15.8. The Labute approximate surface area is 235 Å². The molecule has 2 amide bonds. The average molecular weight is 553 g/mol. The average Bonchev–Trinajstić information content (AvgIpc) is 2.89. The van der Waals surface area contributed by atoms with E-state index >= 15 is 0 Å². The molecule has 39 heavy (non-hydrogen) atoms. The zero-order valence-corrected chi connectivity index (χ0v) is 25.1. The third-order valence-corrected chi connectivity index (χ3v) is 6.26. The highest BCUT2D eigenvalue weighted by Crippen LogP contribution is 2.21. The molecule has 0 atom stereocenters. The van der Waals surface area contributed by atoms with Gasteiger partial charge in [-0.05, 0) is 84.6 Å². The van der Waals surface area contributed by atoms with Crippen LogP contribution in [0.1, 0.15) is 72.8 Å². The van der Waals surface area contributed by atoms with Crippen LogP contribution in [0.25, 0.3) is 0 Å². The topological polar surface area (TPSA) is 109 Å². The molecular weight excluding hydrogens is 500 g/mol. The second kappa shape index (κ2) is 17.4. The van der Waals surface area contributed by atoms with Crippen molar-refractivity contribution in [2.75, 3.05) is 46.5 Å². The number of piperidine rings is 2. The van der Waals surface area contributed by atoms with Crippen LogP contribution in [-0.2, 0) is 20.8 Å². The third-order valence-electron chi connectivity index (χ3n) is 6.26. The first kappa shape index (κ1) is 34.7. The van der Waals surface area contributed by atoms with E-state index in [4.69, 9.17) is 24.4 Å². The number of carbonyl (C=O) groups is 2. The molecule has 224 valence electrons. The summed E-state index contributed by atoms with van der Waals surface area (Å²) < 4.78 is 16.5. The van der Waals surface area contributed by atoms with Gasteiger partial charge in [0.15, 0.2) is 0 Å². The maximum absolute atomic E-state index is 12.0. The summed E-state index contributed by atoms with van der Waals surface area (Å²) >= 11 is 0. The van der Waals surface area contributed by atoms with Crippen molar-refractivity contribution in [2.24, 2.45) is 11.8 Å². The summed E-state index contributed by atoms with van der Waals surface area (Å²) in [4.78, 5) is 27.2. The largest absolute Gasteiger partial charge is 0.444 e. The number of aliphatic hydroxyl groups excluding tert-OH is 2. The molecule has 0 bridgehead atoms. The molecule has 0 aliphatic carbocycles. The van der Waals surface area contributed by atoms with Crippen LogP contribution in [0.15, 0.2) is 30.3 Å². The second-order valence-electron chi connectivity index (χ2n) is 12.0. The van der Waals surface area contributed by atoms with Crippen molar-refractivity contribution in [1.82, 2.24) is 9.80 Å². The zero-order valence-electron chi connectivity index (χ0n) is 25.1. The molecule has 0 spiro atoms. The van der Waals surface area contributed by atoms with Gasteiger partial charge in [-0.25, -0.2) is 9.59 Å². The Morgan fingerprint density at radius 2 is 1.18 bits per heavy atom. The number of benzene rings is 1. The molecule has 2 saturated heterocycles. The molecule has 9 nitrogen and oxygen atoms in total. The standard InChI is InChI=1S/C18H27NO3.C11H21NO3.CH4O/c1-18(2,3)22-17(20)19-11-9-16(10-12-19)14-21-13-15-7-5-4-6-8-15;1-11(2,3)15-10(14)12-6-4-9(8-13)5-7-12;1-2/h4-8,16H,9-14H2,1-3H3;9,13H,4-8H2,1-3H3;2H,1H3. The van der Waals surface area contributed by atoms with E-state index in [2.05, 4.69) is 12.1 Å². The quantitative estimate of drug-likeness (QED) is 0.524. The third kappa shape index (κ3) is 15.1. The Balaban J connectivity index is 0.000000391. The lowest BCUT2D eigenvalue weighted by atomic mass is 9.98. The van der Waals surface area contributed by atoms with Gasteiger partial charge in [0.05, 0.1) is 6.61 Å². The van der Waals surface area contributed by atoms with Crippen LogP contribution in [0.3, 0.4) is 0 Å². The number of rotatable bonds is 5. The maximum atomic E-state index is 12.0. The van der Waals surface area contributed by atoms with Gasteiger partial charge in [-0.2, -0.15) is 0 Å². The van der Waals surface area contributed by atoms with Gasteiger partial charge in [0.2, 0.25) is 0 Å². The van der Waals surface area contributed by atoms with E-state index in [1.54, 1.807) is 9.80 Å². The molecule has 0 aromatic heterocycles. The number of likely N-dealkylation sites (tertiary alicyclic amines) is 2. The number of amides is 2. The van der Waals surface area contributed by atoms with E-state index in [1.165, 1.54) is 5.56 Å². The lowest BCUT2D eigenvalue weighted by Gasteiger charge is -2.33. The molecule has 1 aromatic carbocycles. The van der Waals surface area contributed by atoms with Gasteiger partial charge >= 0.3 is 12.2 Å². The summed E-state index contributed by atoms with van der Waals surface area (Å²) in [5, 5.41) is 16.0. The Kier molecular flexibility index (Phi) is 15.4. The van der Waals surface area contributed by atoms with Gasteiger partial charge in [-0.1, -0.05) is 30.3 Å². The Hall–Kier alpha value is -2.36. The normalized spacial score (nSPS) is 16.8. The minimum atomic E-state index is -0.426. The number of ether oxygens (including phenoxy) is 3. The molecule has 0 saturated carbocycles. The van der Waals surface area contributed by atoms with Crippen molar-refractivity contribution in [2.45, 2.75) is 85.0 Å². The van der Waals surface area contributed by atoms with Crippen LogP contribution in [0.5, 0.6) is 0 Å². The minimum Gasteiger partial charge on any atom is -0.444 e. The summed E-state index contributed by atoms with van der Waals surface area (Å²) in [7, 11) is 1.00. The molecule has 0 radical (unpaired) electrons. The number of aliphatic hydroxyl groups is 2. The highest BCUT2D eigenvalue weighted by Gasteiger charge is 2.27. The predicted octanol–water partition coefficient (Wildman–Crippen LogP) is 5.08. The van der Waals surface area contributed by atoms with Crippen LogP contribution >= 0.6 is 0 Å². The van der Waals surface area contributed by atoms with Gasteiger partial charge in [0, 0.05) is 46.5 Å². The summed E-state index contributed by atoms with van der Waals surface area (Å²) in [6, 6.07) is 10.2. The first-order valence-corrected chi connectivity index (χ1v) is 14.0. The van der Waals surface area contributed by atoms with Crippen LogP contribution in [0.4, 0.5) is 9.59 Å². The molecule has 2 N–H and O–H groups in total. The van der Waals surface area contributed by atoms with E-state index in [0.29, 0.717) is 31.5 Å². The fourth-order valence-corrected chi connectivity index (χ4v) is 4.15. The zero-order chi connectivity index (χ0) is 29.5. The first-order chi connectivity index (χ1) is 18.4. The Morgan fingerprint density at radius 3 is 1.56 bits per heavy atom. The molecule has 2 aliphatic heterocycles. The lowest BCUT2D eigenvalue weighted by molar-refractivity contribution is 0.0104.